The predicted octanol–water partition coefficient (Wildman–Crippen LogP) is 3.00. The van der Waals surface area contributed by atoms with Crippen molar-refractivity contribution in [2.75, 3.05) is 17.3 Å². The van der Waals surface area contributed by atoms with Crippen LogP contribution < -0.4 is 10.2 Å². The highest BCUT2D eigenvalue weighted by Crippen LogP contribution is 2.28. The number of fused-ring (bicyclic) bond motifs is 1. The van der Waals surface area contributed by atoms with Crippen LogP contribution in [0.4, 0.5) is 11.4 Å². The van der Waals surface area contributed by atoms with Gasteiger partial charge in [-0.3, -0.25) is 9.59 Å². The van der Waals surface area contributed by atoms with Crippen molar-refractivity contribution in [3.63, 3.8) is 0 Å². The number of nitrogens with one attached hydrogen (secondary N) is 1. The van der Waals surface area contributed by atoms with E-state index in [9.17, 15) is 9.59 Å². The van der Waals surface area contributed by atoms with Gasteiger partial charge in [0, 0.05) is 18.4 Å². The van der Waals surface area contributed by atoms with Crippen LogP contribution in [-0.4, -0.2) is 18.9 Å². The summed E-state index contributed by atoms with van der Waals surface area (Å²) in [5.41, 5.74) is 5.85. The van der Waals surface area contributed by atoms with Crippen molar-refractivity contribution in [2.45, 2.75) is 26.7 Å². The Morgan fingerprint density at radius 3 is 2.57 bits per heavy atom. The van der Waals surface area contributed by atoms with E-state index in [1.165, 1.54) is 0 Å². The molecule has 23 heavy (non-hydrogen) atoms. The molecule has 0 spiro atoms. The lowest BCUT2D eigenvalue weighted by Crippen LogP contribution is -2.20. The third-order valence-electron chi connectivity index (χ3n) is 4.33. The number of hydrogen-bond acceptors (Lipinski definition) is 2. The van der Waals surface area contributed by atoms with E-state index in [0.29, 0.717) is 12.8 Å². The standard InChI is InChI=1S/C19H20N2O2/c1-12-5-4-6-13(2)19(12)20-17(22)10-14-7-8-16-15(9-14)11-18(23)21(16)3/h4-9H,10-11H2,1-3H3,(H,20,22). The number of benzene rings is 2. The average molecular weight is 308 g/mol. The number of hydrogen-bond donors (Lipinski definition) is 1. The fourth-order valence-electron chi connectivity index (χ4n) is 3.01. The minimum absolute atomic E-state index is 0.0416. The summed E-state index contributed by atoms with van der Waals surface area (Å²) in [4.78, 5) is 25.7. The molecule has 0 aliphatic carbocycles. The van der Waals surface area contributed by atoms with Gasteiger partial charge in [-0.15, -0.1) is 0 Å². The van der Waals surface area contributed by atoms with Crippen molar-refractivity contribution in [3.05, 3.63) is 58.7 Å². The van der Waals surface area contributed by atoms with E-state index >= 15 is 0 Å². The molecule has 2 amide bonds. The molecule has 1 N–H and O–H groups in total. The highest BCUT2D eigenvalue weighted by molar-refractivity contribution is 6.01. The summed E-state index contributed by atoms with van der Waals surface area (Å²) in [5.74, 6) is 0.0529. The molecule has 0 bridgehead atoms. The molecular formula is C19H20N2O2. The van der Waals surface area contributed by atoms with Crippen LogP contribution in [0.25, 0.3) is 0 Å². The molecule has 3 rings (SSSR count). The van der Waals surface area contributed by atoms with Gasteiger partial charge in [0.25, 0.3) is 0 Å². The third kappa shape index (κ3) is 2.97. The summed E-state index contributed by atoms with van der Waals surface area (Å²) in [6.45, 7) is 3.97. The number of aryl methyl sites for hydroxylation is 2. The van der Waals surface area contributed by atoms with E-state index < -0.39 is 0 Å². The minimum Gasteiger partial charge on any atom is -0.325 e. The van der Waals surface area contributed by atoms with E-state index in [1.807, 2.05) is 50.2 Å². The molecule has 1 aliphatic heterocycles. The van der Waals surface area contributed by atoms with Gasteiger partial charge >= 0.3 is 0 Å². The van der Waals surface area contributed by atoms with Gasteiger partial charge < -0.3 is 10.2 Å². The van der Waals surface area contributed by atoms with E-state index in [-0.39, 0.29) is 11.8 Å². The highest BCUT2D eigenvalue weighted by Gasteiger charge is 2.24. The molecular weight excluding hydrogens is 288 g/mol. The van der Waals surface area contributed by atoms with Gasteiger partial charge in [0.05, 0.1) is 12.8 Å². The van der Waals surface area contributed by atoms with Crippen LogP contribution in [0.5, 0.6) is 0 Å². The molecule has 1 heterocycles. The molecule has 4 heteroatoms. The van der Waals surface area contributed by atoms with Gasteiger partial charge in [-0.1, -0.05) is 30.3 Å². The summed E-state index contributed by atoms with van der Waals surface area (Å²) >= 11 is 0. The Hall–Kier alpha value is -2.62. The Balaban J connectivity index is 1.74. The molecule has 0 saturated carbocycles. The smallest absolute Gasteiger partial charge is 0.231 e. The Kier molecular flexibility index (Phi) is 3.90. The average Bonchev–Trinajstić information content (AvgIpc) is 2.78. The van der Waals surface area contributed by atoms with Crippen LogP contribution in [0.2, 0.25) is 0 Å². The van der Waals surface area contributed by atoms with Crippen molar-refractivity contribution >= 4 is 23.2 Å². The Labute approximate surface area is 136 Å². The Morgan fingerprint density at radius 2 is 1.87 bits per heavy atom. The molecule has 0 atom stereocenters. The largest absolute Gasteiger partial charge is 0.325 e. The summed E-state index contributed by atoms with van der Waals surface area (Å²) in [7, 11) is 1.78. The first-order valence-corrected chi connectivity index (χ1v) is 7.70. The summed E-state index contributed by atoms with van der Waals surface area (Å²) in [5, 5.41) is 3.00. The third-order valence-corrected chi connectivity index (χ3v) is 4.33. The van der Waals surface area contributed by atoms with Gasteiger partial charge in [0.1, 0.15) is 0 Å². The maximum absolute atomic E-state index is 12.3. The summed E-state index contributed by atoms with van der Waals surface area (Å²) in [6.07, 6.45) is 0.719. The number of para-hydroxylation sites is 1. The molecule has 4 nitrogen and oxygen atoms in total. The first-order valence-electron chi connectivity index (χ1n) is 7.70. The van der Waals surface area contributed by atoms with Gasteiger partial charge in [-0.2, -0.15) is 0 Å². The summed E-state index contributed by atoms with van der Waals surface area (Å²) in [6, 6.07) is 11.7. The maximum atomic E-state index is 12.3. The van der Waals surface area contributed by atoms with Gasteiger partial charge in [0.2, 0.25) is 11.8 Å². The molecule has 0 aromatic heterocycles. The molecule has 1 aliphatic rings. The first-order chi connectivity index (χ1) is 11.0. The minimum atomic E-state index is -0.0416. The molecule has 0 fully saturated rings. The van der Waals surface area contributed by atoms with Crippen molar-refractivity contribution in [3.8, 4) is 0 Å². The van der Waals surface area contributed by atoms with Crippen LogP contribution in [0.15, 0.2) is 36.4 Å². The number of likely N-dealkylation sites (N-methyl/N-ethyl adjacent to an activating group) is 1. The Morgan fingerprint density at radius 1 is 1.17 bits per heavy atom. The lowest BCUT2D eigenvalue weighted by molar-refractivity contribution is -0.117. The second kappa shape index (κ2) is 5.88. The molecule has 2 aromatic rings. The molecule has 0 saturated heterocycles. The molecule has 118 valence electrons. The number of carbonyl (C=O) groups excluding carboxylic acids is 2. The van der Waals surface area contributed by atoms with Crippen molar-refractivity contribution in [1.29, 1.82) is 0 Å². The Bertz CT molecular complexity index is 776. The van der Waals surface area contributed by atoms with Crippen LogP contribution in [0.1, 0.15) is 22.3 Å². The van der Waals surface area contributed by atoms with Crippen LogP contribution in [0, 0.1) is 13.8 Å². The van der Waals surface area contributed by atoms with Crippen molar-refractivity contribution < 1.29 is 9.59 Å². The molecule has 0 unspecified atom stereocenters. The number of anilines is 2. The van der Waals surface area contributed by atoms with E-state index in [4.69, 9.17) is 0 Å². The van der Waals surface area contributed by atoms with Gasteiger partial charge in [-0.05, 0) is 42.2 Å². The predicted molar refractivity (Wildman–Crippen MR) is 91.8 cm³/mol. The zero-order chi connectivity index (χ0) is 16.6. The number of rotatable bonds is 3. The topological polar surface area (TPSA) is 49.4 Å². The SMILES string of the molecule is Cc1cccc(C)c1NC(=O)Cc1ccc2c(c1)CC(=O)N2C. The second-order valence-electron chi connectivity index (χ2n) is 6.08. The quantitative estimate of drug-likeness (QED) is 0.947. The van der Waals surface area contributed by atoms with Crippen LogP contribution >= 0.6 is 0 Å². The van der Waals surface area contributed by atoms with Crippen molar-refractivity contribution in [2.24, 2.45) is 0 Å². The lowest BCUT2D eigenvalue weighted by Gasteiger charge is -2.12. The molecule has 2 aromatic carbocycles. The van der Waals surface area contributed by atoms with Gasteiger partial charge in [0.15, 0.2) is 0 Å². The fraction of sp³-hybridized carbons (Fsp3) is 0.263. The van der Waals surface area contributed by atoms with Crippen LogP contribution in [-0.2, 0) is 22.4 Å². The zero-order valence-corrected chi connectivity index (χ0v) is 13.6. The van der Waals surface area contributed by atoms with Gasteiger partial charge in [-0.25, -0.2) is 0 Å². The second-order valence-corrected chi connectivity index (χ2v) is 6.08. The van der Waals surface area contributed by atoms with Crippen LogP contribution in [0.3, 0.4) is 0 Å². The maximum Gasteiger partial charge on any atom is 0.231 e. The highest BCUT2D eigenvalue weighted by atomic mass is 16.2. The first kappa shape index (κ1) is 15.3. The zero-order valence-electron chi connectivity index (χ0n) is 13.6. The summed E-state index contributed by atoms with van der Waals surface area (Å²) < 4.78 is 0. The van der Waals surface area contributed by atoms with E-state index in [2.05, 4.69) is 5.32 Å². The number of carbonyl (C=O) groups is 2. The van der Waals surface area contributed by atoms with E-state index in [0.717, 1.165) is 33.6 Å². The monoisotopic (exact) mass is 308 g/mol. The fourth-order valence-corrected chi connectivity index (χ4v) is 3.01. The van der Waals surface area contributed by atoms with E-state index in [1.54, 1.807) is 11.9 Å². The normalized spacial score (nSPS) is 13.2. The van der Waals surface area contributed by atoms with Crippen molar-refractivity contribution in [1.82, 2.24) is 0 Å². The number of amides is 2. The lowest BCUT2D eigenvalue weighted by atomic mass is 10.0. The number of nitrogens with zero attached hydrogens (tertiary/aromatic N) is 1. The molecule has 0 radical (unpaired) electrons.